The van der Waals surface area contributed by atoms with Gasteiger partial charge in [0.25, 0.3) is 5.91 Å². The molecule has 3 N–H and O–H groups in total. The first-order chi connectivity index (χ1) is 8.99. The zero-order valence-electron chi connectivity index (χ0n) is 10.2. The summed E-state index contributed by atoms with van der Waals surface area (Å²) in [6, 6.07) is 10.2. The number of nitrogens with one attached hydrogen (secondary N) is 1. The van der Waals surface area contributed by atoms with Gasteiger partial charge >= 0.3 is 0 Å². The van der Waals surface area contributed by atoms with Crippen LogP contribution >= 0.6 is 23.2 Å². The van der Waals surface area contributed by atoms with Crippen LogP contribution in [-0.4, -0.2) is 5.91 Å². The average molecular weight is 295 g/mol. The lowest BCUT2D eigenvalue weighted by Crippen LogP contribution is -2.13. The van der Waals surface area contributed by atoms with Crippen LogP contribution in [0.2, 0.25) is 10.0 Å². The molecule has 0 bridgehead atoms. The van der Waals surface area contributed by atoms with E-state index in [1.165, 1.54) is 0 Å². The average Bonchev–Trinajstić information content (AvgIpc) is 2.36. The van der Waals surface area contributed by atoms with E-state index in [0.29, 0.717) is 27.0 Å². The molecule has 0 spiro atoms. The van der Waals surface area contributed by atoms with E-state index in [4.69, 9.17) is 28.9 Å². The minimum absolute atomic E-state index is 0.282. The number of hydrogen-bond acceptors (Lipinski definition) is 2. The molecule has 2 aromatic rings. The fraction of sp³-hybridized carbons (Fsp3) is 0.0714. The third-order valence-electron chi connectivity index (χ3n) is 2.71. The molecule has 5 heteroatoms. The number of amides is 1. The van der Waals surface area contributed by atoms with Crippen LogP contribution in [0.5, 0.6) is 0 Å². The molecule has 0 aliphatic rings. The number of benzene rings is 2. The number of nitrogens with two attached hydrogens (primary N) is 1. The van der Waals surface area contributed by atoms with E-state index in [9.17, 15) is 4.79 Å². The number of carbonyl (C=O) groups excluding carboxylic acids is 1. The predicted octanol–water partition coefficient (Wildman–Crippen LogP) is 4.14. The highest BCUT2D eigenvalue weighted by Crippen LogP contribution is 2.27. The predicted molar refractivity (Wildman–Crippen MR) is 80.0 cm³/mol. The molecule has 0 radical (unpaired) electrons. The zero-order chi connectivity index (χ0) is 14.0. The molecule has 98 valence electrons. The van der Waals surface area contributed by atoms with Crippen molar-refractivity contribution in [3.05, 3.63) is 57.6 Å². The molecule has 0 atom stereocenters. The summed E-state index contributed by atoms with van der Waals surface area (Å²) in [4.78, 5) is 12.1. The van der Waals surface area contributed by atoms with E-state index in [1.54, 1.807) is 36.4 Å². The minimum Gasteiger partial charge on any atom is -0.397 e. The zero-order valence-corrected chi connectivity index (χ0v) is 11.7. The van der Waals surface area contributed by atoms with Gasteiger partial charge in [0.15, 0.2) is 0 Å². The maximum atomic E-state index is 12.1. The van der Waals surface area contributed by atoms with Gasteiger partial charge in [0.05, 0.1) is 21.3 Å². The fourth-order valence-electron chi connectivity index (χ4n) is 1.66. The van der Waals surface area contributed by atoms with E-state index in [0.717, 1.165) is 5.56 Å². The normalized spacial score (nSPS) is 10.3. The van der Waals surface area contributed by atoms with Crippen molar-refractivity contribution in [1.29, 1.82) is 0 Å². The summed E-state index contributed by atoms with van der Waals surface area (Å²) in [7, 11) is 0. The van der Waals surface area contributed by atoms with Crippen LogP contribution in [0.1, 0.15) is 15.9 Å². The fourth-order valence-corrected chi connectivity index (χ4v) is 2.10. The highest BCUT2D eigenvalue weighted by atomic mass is 35.5. The Morgan fingerprint density at radius 3 is 2.53 bits per heavy atom. The van der Waals surface area contributed by atoms with E-state index in [1.807, 2.05) is 6.92 Å². The summed E-state index contributed by atoms with van der Waals surface area (Å²) < 4.78 is 0. The van der Waals surface area contributed by atoms with Crippen LogP contribution in [0.15, 0.2) is 36.4 Å². The summed E-state index contributed by atoms with van der Waals surface area (Å²) in [5, 5.41) is 3.64. The SMILES string of the molecule is Cc1cc(Cl)c(N)cc1NC(=O)c1ccccc1Cl. The maximum absolute atomic E-state index is 12.1. The number of halogens is 2. The molecule has 2 rings (SSSR count). The molecule has 2 aromatic carbocycles. The van der Waals surface area contributed by atoms with Gasteiger partial charge in [-0.2, -0.15) is 0 Å². The van der Waals surface area contributed by atoms with Crippen LogP contribution in [0.25, 0.3) is 0 Å². The van der Waals surface area contributed by atoms with Crippen LogP contribution in [-0.2, 0) is 0 Å². The second-order valence-electron chi connectivity index (χ2n) is 4.12. The van der Waals surface area contributed by atoms with Gasteiger partial charge in [-0.05, 0) is 36.8 Å². The largest absolute Gasteiger partial charge is 0.397 e. The van der Waals surface area contributed by atoms with Gasteiger partial charge in [-0.15, -0.1) is 0 Å². The Labute approximate surface area is 121 Å². The monoisotopic (exact) mass is 294 g/mol. The molecule has 3 nitrogen and oxygen atoms in total. The van der Waals surface area contributed by atoms with Gasteiger partial charge in [-0.25, -0.2) is 0 Å². The summed E-state index contributed by atoms with van der Waals surface area (Å²) in [6.07, 6.45) is 0. The summed E-state index contributed by atoms with van der Waals surface area (Å²) in [5.74, 6) is -0.282. The van der Waals surface area contributed by atoms with Crippen molar-refractivity contribution in [2.75, 3.05) is 11.1 Å². The summed E-state index contributed by atoms with van der Waals surface area (Å²) in [6.45, 7) is 1.84. The maximum Gasteiger partial charge on any atom is 0.257 e. The number of aryl methyl sites for hydroxylation is 1. The molecule has 19 heavy (non-hydrogen) atoms. The molecule has 0 saturated heterocycles. The molecule has 0 fully saturated rings. The van der Waals surface area contributed by atoms with Crippen molar-refractivity contribution in [2.45, 2.75) is 6.92 Å². The third-order valence-corrected chi connectivity index (χ3v) is 3.37. The molecule has 0 saturated carbocycles. The van der Waals surface area contributed by atoms with Crippen LogP contribution in [0.4, 0.5) is 11.4 Å². The van der Waals surface area contributed by atoms with Crippen molar-refractivity contribution >= 4 is 40.5 Å². The Kier molecular flexibility index (Phi) is 3.98. The lowest BCUT2D eigenvalue weighted by molar-refractivity contribution is 0.102. The molecule has 0 aliphatic heterocycles. The van der Waals surface area contributed by atoms with Gasteiger partial charge in [0.1, 0.15) is 0 Å². The highest BCUT2D eigenvalue weighted by Gasteiger charge is 2.12. The van der Waals surface area contributed by atoms with E-state index < -0.39 is 0 Å². The van der Waals surface area contributed by atoms with Gasteiger partial charge in [0, 0.05) is 5.69 Å². The smallest absolute Gasteiger partial charge is 0.257 e. The third kappa shape index (κ3) is 3.00. The lowest BCUT2D eigenvalue weighted by atomic mass is 10.1. The van der Waals surface area contributed by atoms with Crippen molar-refractivity contribution in [3.63, 3.8) is 0 Å². The summed E-state index contributed by atoms with van der Waals surface area (Å²) >= 11 is 11.9. The first kappa shape index (κ1) is 13.7. The van der Waals surface area contributed by atoms with E-state index in [2.05, 4.69) is 5.32 Å². The first-order valence-corrected chi connectivity index (χ1v) is 6.36. The molecular formula is C14H12Cl2N2O. The second-order valence-corrected chi connectivity index (χ2v) is 4.94. The Hall–Kier alpha value is -1.71. The van der Waals surface area contributed by atoms with E-state index >= 15 is 0 Å². The molecule has 0 heterocycles. The Bertz CT molecular complexity index is 641. The Balaban J connectivity index is 2.30. The number of carbonyl (C=O) groups is 1. The van der Waals surface area contributed by atoms with Crippen molar-refractivity contribution in [2.24, 2.45) is 0 Å². The minimum atomic E-state index is -0.282. The number of rotatable bonds is 2. The quantitative estimate of drug-likeness (QED) is 0.818. The molecular weight excluding hydrogens is 283 g/mol. The van der Waals surface area contributed by atoms with Gasteiger partial charge < -0.3 is 11.1 Å². The highest BCUT2D eigenvalue weighted by molar-refractivity contribution is 6.34. The van der Waals surface area contributed by atoms with Crippen molar-refractivity contribution in [1.82, 2.24) is 0 Å². The number of nitrogen functional groups attached to an aromatic ring is 1. The molecule has 0 aliphatic carbocycles. The second kappa shape index (κ2) is 5.51. The van der Waals surface area contributed by atoms with E-state index in [-0.39, 0.29) is 5.91 Å². The molecule has 0 unspecified atom stereocenters. The van der Waals surface area contributed by atoms with Gasteiger partial charge in [0.2, 0.25) is 0 Å². The summed E-state index contributed by atoms with van der Waals surface area (Å²) in [5.41, 5.74) is 8.01. The Morgan fingerprint density at radius 1 is 1.16 bits per heavy atom. The van der Waals surface area contributed by atoms with Crippen LogP contribution in [0, 0.1) is 6.92 Å². The Morgan fingerprint density at radius 2 is 1.84 bits per heavy atom. The molecule has 1 amide bonds. The number of anilines is 2. The topological polar surface area (TPSA) is 55.1 Å². The van der Waals surface area contributed by atoms with Crippen molar-refractivity contribution < 1.29 is 4.79 Å². The van der Waals surface area contributed by atoms with Crippen LogP contribution in [0.3, 0.4) is 0 Å². The van der Waals surface area contributed by atoms with Gasteiger partial charge in [-0.1, -0.05) is 35.3 Å². The van der Waals surface area contributed by atoms with Crippen molar-refractivity contribution in [3.8, 4) is 0 Å². The molecule has 0 aromatic heterocycles. The van der Waals surface area contributed by atoms with Crippen LogP contribution < -0.4 is 11.1 Å². The standard InChI is InChI=1S/C14H12Cl2N2O/c1-8-6-11(16)12(17)7-13(8)18-14(19)9-4-2-3-5-10(9)15/h2-7H,17H2,1H3,(H,18,19). The van der Waals surface area contributed by atoms with Gasteiger partial charge in [-0.3, -0.25) is 4.79 Å². The lowest BCUT2D eigenvalue weighted by Gasteiger charge is -2.11. The first-order valence-electron chi connectivity index (χ1n) is 5.60. The number of hydrogen-bond donors (Lipinski definition) is 2.